The average Bonchev–Trinajstić information content (AvgIpc) is 2.97. The number of hydrogen-bond acceptors (Lipinski definition) is 3. The molecule has 1 fully saturated rings. The lowest BCUT2D eigenvalue weighted by Gasteiger charge is -2.29. The van der Waals surface area contributed by atoms with E-state index in [2.05, 4.69) is 23.3 Å². The average molecular weight is 297 g/mol. The first-order chi connectivity index (χ1) is 9.74. The summed E-state index contributed by atoms with van der Waals surface area (Å²) in [5.74, 6) is 0. The zero-order valence-corrected chi connectivity index (χ0v) is 13.2. The van der Waals surface area contributed by atoms with Crippen LogP contribution in [0.2, 0.25) is 5.02 Å². The van der Waals surface area contributed by atoms with Crippen molar-refractivity contribution in [3.63, 3.8) is 0 Å². The van der Waals surface area contributed by atoms with Gasteiger partial charge in [-0.05, 0) is 24.5 Å². The maximum atomic E-state index is 6.45. The molecule has 1 saturated carbocycles. The van der Waals surface area contributed by atoms with Crippen LogP contribution in [0.25, 0.3) is 0 Å². The Morgan fingerprint density at radius 2 is 2.10 bits per heavy atom. The standard InChI is InChI=1S/C16H25ClN2O/c1-19(14-7-3-4-8-14)16-13(6-5-9-15(16)17)12-18-10-11-20-2/h5-6,9,14,18H,3-4,7-8,10-12H2,1-2H3. The van der Waals surface area contributed by atoms with Gasteiger partial charge in [-0.2, -0.15) is 0 Å². The number of hydrogen-bond donors (Lipinski definition) is 1. The van der Waals surface area contributed by atoms with Crippen molar-refractivity contribution in [2.24, 2.45) is 0 Å². The summed E-state index contributed by atoms with van der Waals surface area (Å²) in [5.41, 5.74) is 2.45. The Balaban J connectivity index is 2.08. The van der Waals surface area contributed by atoms with Crippen molar-refractivity contribution in [1.29, 1.82) is 0 Å². The number of benzene rings is 1. The largest absolute Gasteiger partial charge is 0.383 e. The lowest BCUT2D eigenvalue weighted by molar-refractivity contribution is 0.199. The zero-order valence-electron chi connectivity index (χ0n) is 12.5. The minimum absolute atomic E-state index is 0.632. The van der Waals surface area contributed by atoms with Crippen LogP contribution in [-0.4, -0.2) is 33.4 Å². The van der Waals surface area contributed by atoms with E-state index in [0.717, 1.165) is 24.7 Å². The molecule has 1 aromatic carbocycles. The number of halogens is 1. The SMILES string of the molecule is COCCNCc1cccc(Cl)c1N(C)C1CCCC1. The minimum atomic E-state index is 0.632. The molecule has 0 heterocycles. The first-order valence-corrected chi connectivity index (χ1v) is 7.81. The third kappa shape index (κ3) is 3.87. The van der Waals surface area contributed by atoms with Crippen LogP contribution < -0.4 is 10.2 Å². The predicted octanol–water partition coefficient (Wildman–Crippen LogP) is 3.45. The normalized spacial score (nSPS) is 15.8. The fourth-order valence-electron chi connectivity index (χ4n) is 2.97. The molecule has 0 bridgehead atoms. The molecular formula is C16H25ClN2O. The molecule has 0 aromatic heterocycles. The van der Waals surface area contributed by atoms with E-state index >= 15 is 0 Å². The van der Waals surface area contributed by atoms with Crippen LogP contribution in [0.1, 0.15) is 31.2 Å². The smallest absolute Gasteiger partial charge is 0.0642 e. The van der Waals surface area contributed by atoms with E-state index in [-0.39, 0.29) is 0 Å². The van der Waals surface area contributed by atoms with Crippen LogP contribution in [0.5, 0.6) is 0 Å². The molecule has 3 nitrogen and oxygen atoms in total. The van der Waals surface area contributed by atoms with E-state index in [0.29, 0.717) is 6.04 Å². The lowest BCUT2D eigenvalue weighted by Crippen LogP contribution is -2.31. The van der Waals surface area contributed by atoms with Gasteiger partial charge in [0.05, 0.1) is 17.3 Å². The highest BCUT2D eigenvalue weighted by Crippen LogP contribution is 2.34. The number of nitrogens with one attached hydrogen (secondary N) is 1. The van der Waals surface area contributed by atoms with E-state index in [9.17, 15) is 0 Å². The molecule has 1 aliphatic rings. The molecule has 1 aliphatic carbocycles. The van der Waals surface area contributed by atoms with Crippen molar-refractivity contribution in [3.05, 3.63) is 28.8 Å². The molecule has 112 valence electrons. The third-order valence-corrected chi connectivity index (χ3v) is 4.40. The number of methoxy groups -OCH3 is 1. The van der Waals surface area contributed by atoms with Gasteiger partial charge in [0.15, 0.2) is 0 Å². The van der Waals surface area contributed by atoms with Crippen LogP contribution in [0.3, 0.4) is 0 Å². The second-order valence-electron chi connectivity index (χ2n) is 5.47. The van der Waals surface area contributed by atoms with Crippen LogP contribution in [0.15, 0.2) is 18.2 Å². The first kappa shape index (κ1) is 15.6. The van der Waals surface area contributed by atoms with Gasteiger partial charge in [-0.15, -0.1) is 0 Å². The van der Waals surface area contributed by atoms with Crippen molar-refractivity contribution in [1.82, 2.24) is 5.32 Å². The summed E-state index contributed by atoms with van der Waals surface area (Å²) in [4.78, 5) is 2.38. The Bertz CT molecular complexity index is 419. The van der Waals surface area contributed by atoms with Gasteiger partial charge in [0, 0.05) is 33.3 Å². The van der Waals surface area contributed by atoms with Crippen LogP contribution in [0.4, 0.5) is 5.69 Å². The Morgan fingerprint density at radius 3 is 2.80 bits per heavy atom. The molecule has 2 rings (SSSR count). The molecule has 0 saturated heterocycles. The summed E-state index contributed by atoms with van der Waals surface area (Å²) in [5, 5.41) is 4.26. The number of rotatable bonds is 7. The maximum Gasteiger partial charge on any atom is 0.0642 e. The van der Waals surface area contributed by atoms with Gasteiger partial charge in [-0.25, -0.2) is 0 Å². The quantitative estimate of drug-likeness (QED) is 0.780. The molecule has 0 spiro atoms. The predicted molar refractivity (Wildman–Crippen MR) is 85.7 cm³/mol. The summed E-state index contributed by atoms with van der Waals surface area (Å²) in [6, 6.07) is 6.81. The molecule has 1 N–H and O–H groups in total. The van der Waals surface area contributed by atoms with Crippen molar-refractivity contribution in [2.45, 2.75) is 38.3 Å². The highest BCUT2D eigenvalue weighted by Gasteiger charge is 2.22. The van der Waals surface area contributed by atoms with Gasteiger partial charge in [0.2, 0.25) is 0 Å². The molecule has 4 heteroatoms. The van der Waals surface area contributed by atoms with Crippen molar-refractivity contribution in [2.75, 3.05) is 32.2 Å². The third-order valence-electron chi connectivity index (χ3n) is 4.09. The van der Waals surface area contributed by atoms with E-state index in [1.54, 1.807) is 7.11 Å². The fourth-order valence-corrected chi connectivity index (χ4v) is 3.30. The van der Waals surface area contributed by atoms with Crippen LogP contribution >= 0.6 is 11.6 Å². The fraction of sp³-hybridized carbons (Fsp3) is 0.625. The van der Waals surface area contributed by atoms with Gasteiger partial charge in [0.25, 0.3) is 0 Å². The van der Waals surface area contributed by atoms with Gasteiger partial charge in [-0.1, -0.05) is 36.6 Å². The number of anilines is 1. The summed E-state index contributed by atoms with van der Waals surface area (Å²) in [6.45, 7) is 2.42. The van der Waals surface area contributed by atoms with Gasteiger partial charge < -0.3 is 15.0 Å². The molecule has 0 amide bonds. The van der Waals surface area contributed by atoms with Crippen molar-refractivity contribution < 1.29 is 4.74 Å². The molecule has 20 heavy (non-hydrogen) atoms. The summed E-state index contributed by atoms with van der Waals surface area (Å²) in [6.07, 6.45) is 5.22. The van der Waals surface area contributed by atoms with Crippen LogP contribution in [0, 0.1) is 0 Å². The van der Waals surface area contributed by atoms with E-state index < -0.39 is 0 Å². The lowest BCUT2D eigenvalue weighted by atomic mass is 10.1. The Hall–Kier alpha value is -0.770. The number of para-hydroxylation sites is 1. The topological polar surface area (TPSA) is 24.5 Å². The zero-order chi connectivity index (χ0) is 14.4. The molecular weight excluding hydrogens is 272 g/mol. The summed E-state index contributed by atoms with van der Waals surface area (Å²) >= 11 is 6.45. The number of nitrogens with zero attached hydrogens (tertiary/aromatic N) is 1. The molecule has 0 unspecified atom stereocenters. The molecule has 0 aliphatic heterocycles. The summed E-state index contributed by atoms with van der Waals surface area (Å²) < 4.78 is 5.06. The second-order valence-corrected chi connectivity index (χ2v) is 5.87. The van der Waals surface area contributed by atoms with Gasteiger partial charge >= 0.3 is 0 Å². The minimum Gasteiger partial charge on any atom is -0.383 e. The van der Waals surface area contributed by atoms with E-state index in [1.165, 1.54) is 36.9 Å². The molecule has 0 radical (unpaired) electrons. The first-order valence-electron chi connectivity index (χ1n) is 7.44. The number of ether oxygens (including phenoxy) is 1. The maximum absolute atomic E-state index is 6.45. The van der Waals surface area contributed by atoms with Crippen LogP contribution in [-0.2, 0) is 11.3 Å². The monoisotopic (exact) mass is 296 g/mol. The second kappa shape index (κ2) is 7.87. The van der Waals surface area contributed by atoms with Gasteiger partial charge in [0.1, 0.15) is 0 Å². The summed E-state index contributed by atoms with van der Waals surface area (Å²) in [7, 11) is 3.90. The van der Waals surface area contributed by atoms with Crippen molar-refractivity contribution >= 4 is 17.3 Å². The Morgan fingerprint density at radius 1 is 1.35 bits per heavy atom. The van der Waals surface area contributed by atoms with Crippen molar-refractivity contribution in [3.8, 4) is 0 Å². The Labute approximate surface area is 127 Å². The van der Waals surface area contributed by atoms with E-state index in [4.69, 9.17) is 16.3 Å². The molecule has 0 atom stereocenters. The molecule has 1 aromatic rings. The Kier molecular flexibility index (Phi) is 6.14. The van der Waals surface area contributed by atoms with E-state index in [1.807, 2.05) is 12.1 Å². The highest BCUT2D eigenvalue weighted by atomic mass is 35.5. The highest BCUT2D eigenvalue weighted by molar-refractivity contribution is 6.33. The van der Waals surface area contributed by atoms with Gasteiger partial charge in [-0.3, -0.25) is 0 Å².